The average molecular weight is 309 g/mol. The molecule has 2 nitrogen and oxygen atoms in total. The molecule has 1 unspecified atom stereocenters. The summed E-state index contributed by atoms with van der Waals surface area (Å²) in [5.41, 5.74) is 2.20. The lowest BCUT2D eigenvalue weighted by molar-refractivity contribution is 0.626. The Labute approximate surface area is 125 Å². The number of aromatic nitrogens is 2. The van der Waals surface area contributed by atoms with Crippen molar-refractivity contribution >= 4 is 34.2 Å². The van der Waals surface area contributed by atoms with Crippen molar-refractivity contribution in [2.75, 3.05) is 0 Å². The molecule has 102 valence electrons. The molecule has 0 aliphatic rings. The normalized spacial score (nSPS) is 12.8. The van der Waals surface area contributed by atoms with E-state index < -0.39 is 0 Å². The van der Waals surface area contributed by atoms with Crippen LogP contribution in [0.5, 0.6) is 0 Å². The van der Waals surface area contributed by atoms with Crippen molar-refractivity contribution in [3.63, 3.8) is 0 Å². The van der Waals surface area contributed by atoms with Crippen LogP contribution in [-0.2, 0) is 0 Å². The van der Waals surface area contributed by atoms with Gasteiger partial charge < -0.3 is 0 Å². The van der Waals surface area contributed by atoms with Crippen molar-refractivity contribution in [1.29, 1.82) is 0 Å². The number of benzene rings is 2. The van der Waals surface area contributed by atoms with Gasteiger partial charge in [0.25, 0.3) is 0 Å². The minimum absolute atomic E-state index is 0.318. The quantitative estimate of drug-likeness (QED) is 0.601. The summed E-state index contributed by atoms with van der Waals surface area (Å²) >= 11 is 12.4. The molecule has 3 aromatic rings. The third-order valence-electron chi connectivity index (χ3n) is 3.09. The highest BCUT2D eigenvalue weighted by atomic mass is 35.5. The number of rotatable bonds is 2. The first kappa shape index (κ1) is 13.4. The fourth-order valence-corrected chi connectivity index (χ4v) is 2.57. The van der Waals surface area contributed by atoms with Crippen LogP contribution in [0.3, 0.4) is 0 Å². The van der Waals surface area contributed by atoms with E-state index in [1.54, 1.807) is 4.57 Å². The van der Waals surface area contributed by atoms with Crippen LogP contribution in [0.15, 0.2) is 42.5 Å². The number of nitrogens with zero attached hydrogens (tertiary/aromatic N) is 2. The molecule has 2 aromatic carbocycles. The van der Waals surface area contributed by atoms with E-state index in [4.69, 9.17) is 23.2 Å². The number of fused-ring (bicyclic) bond motifs is 1. The van der Waals surface area contributed by atoms with Crippen LogP contribution in [0.4, 0.5) is 4.39 Å². The Balaban J connectivity index is 2.39. The van der Waals surface area contributed by atoms with Gasteiger partial charge >= 0.3 is 0 Å². The number of hydrogen-bond acceptors (Lipinski definition) is 1. The van der Waals surface area contributed by atoms with Crippen molar-refractivity contribution in [2.24, 2.45) is 0 Å². The van der Waals surface area contributed by atoms with Crippen LogP contribution in [0.25, 0.3) is 16.7 Å². The second kappa shape index (κ2) is 5.08. The van der Waals surface area contributed by atoms with Gasteiger partial charge in [0.1, 0.15) is 11.6 Å². The molecule has 0 radical (unpaired) electrons. The van der Waals surface area contributed by atoms with E-state index in [9.17, 15) is 4.39 Å². The van der Waals surface area contributed by atoms with E-state index in [-0.39, 0.29) is 11.2 Å². The molecule has 0 bridgehead atoms. The zero-order valence-electron chi connectivity index (χ0n) is 10.6. The average Bonchev–Trinajstić information content (AvgIpc) is 2.81. The van der Waals surface area contributed by atoms with Gasteiger partial charge in [0.05, 0.1) is 27.1 Å². The van der Waals surface area contributed by atoms with Gasteiger partial charge in [-0.3, -0.25) is 4.57 Å². The third kappa shape index (κ3) is 2.17. The highest BCUT2D eigenvalue weighted by Gasteiger charge is 2.18. The molecule has 0 aliphatic heterocycles. The Kier molecular flexibility index (Phi) is 3.40. The second-order valence-electron chi connectivity index (χ2n) is 4.51. The van der Waals surface area contributed by atoms with E-state index in [0.717, 1.165) is 11.0 Å². The first-order chi connectivity index (χ1) is 9.58. The van der Waals surface area contributed by atoms with Gasteiger partial charge in [0.2, 0.25) is 0 Å². The maximum Gasteiger partial charge on any atom is 0.132 e. The maximum absolute atomic E-state index is 13.5. The Hall–Kier alpha value is -1.58. The minimum Gasteiger partial charge on any atom is -0.293 e. The molecule has 0 spiro atoms. The monoisotopic (exact) mass is 308 g/mol. The molecule has 0 N–H and O–H groups in total. The summed E-state index contributed by atoms with van der Waals surface area (Å²) in [7, 11) is 0. The molecule has 0 saturated heterocycles. The third-order valence-corrected chi connectivity index (χ3v) is 3.61. The van der Waals surface area contributed by atoms with Crippen molar-refractivity contribution in [2.45, 2.75) is 12.3 Å². The smallest absolute Gasteiger partial charge is 0.132 e. The number of imidazole rings is 1. The SMILES string of the molecule is CC(Cl)c1nc2ccccc2n1-c1cc(F)ccc1Cl. The summed E-state index contributed by atoms with van der Waals surface area (Å²) in [5, 5.41) is 0.134. The van der Waals surface area contributed by atoms with Gasteiger partial charge in [-0.05, 0) is 37.3 Å². The summed E-state index contributed by atoms with van der Waals surface area (Å²) < 4.78 is 15.4. The number of halogens is 3. The molecule has 5 heteroatoms. The van der Waals surface area contributed by atoms with Crippen LogP contribution in [0.1, 0.15) is 18.1 Å². The van der Waals surface area contributed by atoms with Gasteiger partial charge in [-0.1, -0.05) is 23.7 Å². The van der Waals surface area contributed by atoms with Crippen molar-refractivity contribution in [3.8, 4) is 5.69 Å². The van der Waals surface area contributed by atoms with Crippen molar-refractivity contribution in [3.05, 3.63) is 59.1 Å². The molecule has 0 aliphatic carbocycles. The van der Waals surface area contributed by atoms with Crippen LogP contribution < -0.4 is 0 Å². The Morgan fingerprint density at radius 1 is 1.20 bits per heavy atom. The predicted molar refractivity (Wildman–Crippen MR) is 80.3 cm³/mol. The molecule has 0 amide bonds. The summed E-state index contributed by atoms with van der Waals surface area (Å²) in [5.74, 6) is 0.288. The summed E-state index contributed by atoms with van der Waals surface area (Å²) in [6.07, 6.45) is 0. The lowest BCUT2D eigenvalue weighted by Crippen LogP contribution is -2.03. The van der Waals surface area contributed by atoms with Crippen LogP contribution in [-0.4, -0.2) is 9.55 Å². The summed E-state index contributed by atoms with van der Waals surface area (Å²) in [4.78, 5) is 4.51. The van der Waals surface area contributed by atoms with Crippen molar-refractivity contribution < 1.29 is 4.39 Å². The lowest BCUT2D eigenvalue weighted by atomic mass is 10.2. The van der Waals surface area contributed by atoms with E-state index in [0.29, 0.717) is 16.5 Å². The van der Waals surface area contributed by atoms with Crippen molar-refractivity contribution in [1.82, 2.24) is 9.55 Å². The van der Waals surface area contributed by atoms with Crippen LogP contribution in [0, 0.1) is 5.82 Å². The molecule has 20 heavy (non-hydrogen) atoms. The minimum atomic E-state index is -0.352. The van der Waals surface area contributed by atoms with E-state index in [2.05, 4.69) is 4.98 Å². The molecule has 1 heterocycles. The van der Waals surface area contributed by atoms with E-state index >= 15 is 0 Å². The Morgan fingerprint density at radius 3 is 2.70 bits per heavy atom. The molecule has 1 aromatic heterocycles. The van der Waals surface area contributed by atoms with Gasteiger partial charge in [0.15, 0.2) is 0 Å². The lowest BCUT2D eigenvalue weighted by Gasteiger charge is -2.12. The number of para-hydroxylation sites is 2. The zero-order chi connectivity index (χ0) is 14.3. The first-order valence-corrected chi connectivity index (χ1v) is 6.96. The summed E-state index contributed by atoms with van der Waals surface area (Å²) in [6.45, 7) is 1.83. The molecular weight excluding hydrogens is 298 g/mol. The van der Waals surface area contributed by atoms with Crippen LogP contribution in [0.2, 0.25) is 5.02 Å². The Bertz CT molecular complexity index is 781. The molecule has 3 rings (SSSR count). The van der Waals surface area contributed by atoms with Gasteiger partial charge in [0, 0.05) is 0 Å². The van der Waals surface area contributed by atoms with E-state index in [1.807, 2.05) is 31.2 Å². The molecule has 0 saturated carbocycles. The topological polar surface area (TPSA) is 17.8 Å². The second-order valence-corrected chi connectivity index (χ2v) is 5.57. The molecule has 1 atom stereocenters. The molecule has 0 fully saturated rings. The maximum atomic E-state index is 13.5. The standard InChI is InChI=1S/C15H11Cl2FN2/c1-9(16)15-19-12-4-2-3-5-13(12)20(15)14-8-10(18)6-7-11(14)17/h2-9H,1H3. The van der Waals surface area contributed by atoms with Gasteiger partial charge in [-0.2, -0.15) is 0 Å². The largest absolute Gasteiger partial charge is 0.293 e. The number of alkyl halides is 1. The fourth-order valence-electron chi connectivity index (χ4n) is 2.22. The Morgan fingerprint density at radius 2 is 1.95 bits per heavy atom. The first-order valence-electron chi connectivity index (χ1n) is 6.15. The predicted octanol–water partition coefficient (Wildman–Crippen LogP) is 5.12. The van der Waals surface area contributed by atoms with Gasteiger partial charge in [-0.25, -0.2) is 9.37 Å². The highest BCUT2D eigenvalue weighted by molar-refractivity contribution is 6.32. The zero-order valence-corrected chi connectivity index (χ0v) is 12.2. The highest BCUT2D eigenvalue weighted by Crippen LogP contribution is 2.31. The molecular formula is C15H11Cl2FN2. The van der Waals surface area contributed by atoms with Gasteiger partial charge in [-0.15, -0.1) is 11.6 Å². The number of hydrogen-bond donors (Lipinski definition) is 0. The fraction of sp³-hybridized carbons (Fsp3) is 0.133. The summed E-state index contributed by atoms with van der Waals surface area (Å²) in [6, 6.07) is 11.8. The van der Waals surface area contributed by atoms with E-state index in [1.165, 1.54) is 18.2 Å². The van der Waals surface area contributed by atoms with Crippen LogP contribution >= 0.6 is 23.2 Å².